The molecule has 4 rings (SSSR count). The molecule has 1 saturated carbocycles. The fourth-order valence-electron chi connectivity index (χ4n) is 4.77. The van der Waals surface area contributed by atoms with E-state index in [1.165, 1.54) is 6.42 Å². The highest BCUT2D eigenvalue weighted by atomic mass is 16.5. The van der Waals surface area contributed by atoms with Gasteiger partial charge in [-0.05, 0) is 30.5 Å². The zero-order valence-corrected chi connectivity index (χ0v) is 17.6. The second kappa shape index (κ2) is 8.42. The van der Waals surface area contributed by atoms with E-state index in [1.807, 2.05) is 17.0 Å². The van der Waals surface area contributed by atoms with Crippen LogP contribution in [0.15, 0.2) is 42.1 Å². The fourth-order valence-corrected chi connectivity index (χ4v) is 4.77. The summed E-state index contributed by atoms with van der Waals surface area (Å²) < 4.78 is 10.8. The molecule has 2 heterocycles. The summed E-state index contributed by atoms with van der Waals surface area (Å²) in [7, 11) is 3.17. The van der Waals surface area contributed by atoms with Crippen molar-refractivity contribution in [2.45, 2.75) is 44.2 Å². The van der Waals surface area contributed by atoms with E-state index in [1.54, 1.807) is 31.3 Å². The summed E-state index contributed by atoms with van der Waals surface area (Å²) in [6, 6.07) is 4.93. The second-order valence-corrected chi connectivity index (χ2v) is 8.01. The number of amides is 3. The maximum atomic E-state index is 13.6. The third kappa shape index (κ3) is 3.53. The van der Waals surface area contributed by atoms with Crippen LogP contribution in [0.2, 0.25) is 0 Å². The standard InChI is InChI=1S/C23H29N3O4/c1-4-10-25-19-14-26(16-8-6-5-7-9-16)22(27)20(19)21(24-23(25)28)15-11-17(29-2)13-18(12-15)30-3/h4,11-13,16,21H,1,5-10,14H2,2-3H3,(H,24,28). The number of urea groups is 1. The SMILES string of the molecule is C=CCN1C(=O)NC(c2cc(OC)cc(OC)c2)C2=C1CN(C1CCCCC1)C2=O. The summed E-state index contributed by atoms with van der Waals surface area (Å²) in [6.45, 7) is 4.61. The van der Waals surface area contributed by atoms with Crippen molar-refractivity contribution in [3.05, 3.63) is 47.7 Å². The van der Waals surface area contributed by atoms with E-state index in [-0.39, 0.29) is 18.0 Å². The molecule has 1 unspecified atom stereocenters. The Morgan fingerprint density at radius 3 is 2.37 bits per heavy atom. The Morgan fingerprint density at radius 1 is 1.10 bits per heavy atom. The lowest BCUT2D eigenvalue weighted by Crippen LogP contribution is -2.47. The molecule has 7 heteroatoms. The van der Waals surface area contributed by atoms with Gasteiger partial charge in [0.1, 0.15) is 11.5 Å². The van der Waals surface area contributed by atoms with Crippen LogP contribution in [0.4, 0.5) is 4.79 Å². The monoisotopic (exact) mass is 411 g/mol. The molecule has 160 valence electrons. The van der Waals surface area contributed by atoms with E-state index in [9.17, 15) is 9.59 Å². The average Bonchev–Trinajstić information content (AvgIpc) is 3.12. The number of methoxy groups -OCH3 is 2. The Labute approximate surface area is 177 Å². The summed E-state index contributed by atoms with van der Waals surface area (Å²) in [5, 5.41) is 3.02. The Hall–Kier alpha value is -2.96. The number of nitrogens with one attached hydrogen (secondary N) is 1. The molecule has 1 aliphatic carbocycles. The summed E-state index contributed by atoms with van der Waals surface area (Å²) in [4.78, 5) is 30.1. The van der Waals surface area contributed by atoms with Gasteiger partial charge in [0.25, 0.3) is 5.91 Å². The predicted molar refractivity (Wildman–Crippen MR) is 113 cm³/mol. The summed E-state index contributed by atoms with van der Waals surface area (Å²) in [5.41, 5.74) is 2.18. The van der Waals surface area contributed by atoms with E-state index in [0.29, 0.717) is 30.2 Å². The van der Waals surface area contributed by atoms with E-state index in [2.05, 4.69) is 11.9 Å². The van der Waals surface area contributed by atoms with Crippen molar-refractivity contribution in [1.29, 1.82) is 0 Å². The molecule has 7 nitrogen and oxygen atoms in total. The molecule has 1 aromatic rings. The number of carbonyl (C=O) groups is 2. The van der Waals surface area contributed by atoms with Crippen LogP contribution in [-0.4, -0.2) is 55.1 Å². The minimum Gasteiger partial charge on any atom is -0.497 e. The topological polar surface area (TPSA) is 71.1 Å². The highest BCUT2D eigenvalue weighted by Crippen LogP contribution is 2.40. The number of carbonyl (C=O) groups excluding carboxylic acids is 2. The smallest absolute Gasteiger partial charge is 0.322 e. The molecule has 2 aliphatic heterocycles. The highest BCUT2D eigenvalue weighted by molar-refractivity contribution is 6.01. The van der Waals surface area contributed by atoms with Crippen LogP contribution >= 0.6 is 0 Å². The zero-order valence-electron chi connectivity index (χ0n) is 17.6. The molecule has 0 bridgehead atoms. The van der Waals surface area contributed by atoms with Crippen molar-refractivity contribution in [1.82, 2.24) is 15.1 Å². The molecule has 3 aliphatic rings. The maximum Gasteiger partial charge on any atom is 0.322 e. The van der Waals surface area contributed by atoms with Gasteiger partial charge < -0.3 is 19.7 Å². The van der Waals surface area contributed by atoms with Gasteiger partial charge in [-0.2, -0.15) is 0 Å². The summed E-state index contributed by atoms with van der Waals surface area (Å²) in [6.07, 6.45) is 7.24. The molecule has 0 radical (unpaired) electrons. The van der Waals surface area contributed by atoms with Crippen molar-refractivity contribution in [2.75, 3.05) is 27.3 Å². The molecule has 3 amide bonds. The van der Waals surface area contributed by atoms with Crippen molar-refractivity contribution in [2.24, 2.45) is 0 Å². The van der Waals surface area contributed by atoms with Crippen molar-refractivity contribution < 1.29 is 19.1 Å². The molecule has 30 heavy (non-hydrogen) atoms. The van der Waals surface area contributed by atoms with E-state index < -0.39 is 6.04 Å². The number of benzene rings is 1. The lowest BCUT2D eigenvalue weighted by molar-refractivity contribution is -0.128. The minimum absolute atomic E-state index is 0.0118. The predicted octanol–water partition coefficient (Wildman–Crippen LogP) is 3.39. The molecule has 0 spiro atoms. The van der Waals surface area contributed by atoms with Gasteiger partial charge in [-0.15, -0.1) is 6.58 Å². The van der Waals surface area contributed by atoms with Gasteiger partial charge in [-0.25, -0.2) is 4.79 Å². The Morgan fingerprint density at radius 2 is 1.77 bits per heavy atom. The average molecular weight is 412 g/mol. The first-order chi connectivity index (χ1) is 14.6. The maximum absolute atomic E-state index is 13.6. The second-order valence-electron chi connectivity index (χ2n) is 8.01. The van der Waals surface area contributed by atoms with Crippen LogP contribution in [0.3, 0.4) is 0 Å². The van der Waals surface area contributed by atoms with Gasteiger partial charge in [0.05, 0.1) is 38.1 Å². The summed E-state index contributed by atoms with van der Waals surface area (Å²) >= 11 is 0. The van der Waals surface area contributed by atoms with Crippen LogP contribution in [0, 0.1) is 0 Å². The van der Waals surface area contributed by atoms with Crippen LogP contribution in [0.5, 0.6) is 11.5 Å². The number of nitrogens with zero attached hydrogens (tertiary/aromatic N) is 2. The number of hydrogen-bond donors (Lipinski definition) is 1. The van der Waals surface area contributed by atoms with E-state index in [4.69, 9.17) is 9.47 Å². The lowest BCUT2D eigenvalue weighted by Gasteiger charge is -2.33. The molecule has 1 atom stereocenters. The zero-order chi connectivity index (χ0) is 21.3. The van der Waals surface area contributed by atoms with E-state index >= 15 is 0 Å². The van der Waals surface area contributed by atoms with Gasteiger partial charge in [-0.1, -0.05) is 25.3 Å². The first-order valence-corrected chi connectivity index (χ1v) is 10.5. The fraction of sp³-hybridized carbons (Fsp3) is 0.478. The van der Waals surface area contributed by atoms with Gasteiger partial charge in [0, 0.05) is 18.7 Å². The molecule has 0 saturated heterocycles. The highest BCUT2D eigenvalue weighted by Gasteiger charge is 2.45. The molecular weight excluding hydrogens is 382 g/mol. The van der Waals surface area contributed by atoms with E-state index in [0.717, 1.165) is 36.9 Å². The Balaban J connectivity index is 1.76. The first-order valence-electron chi connectivity index (χ1n) is 10.5. The molecule has 1 fully saturated rings. The molecule has 0 aromatic heterocycles. The van der Waals surface area contributed by atoms with Gasteiger partial charge in [0.15, 0.2) is 0 Å². The van der Waals surface area contributed by atoms with Crippen molar-refractivity contribution in [3.8, 4) is 11.5 Å². The largest absolute Gasteiger partial charge is 0.497 e. The van der Waals surface area contributed by atoms with Crippen LogP contribution in [-0.2, 0) is 4.79 Å². The van der Waals surface area contributed by atoms with Crippen molar-refractivity contribution in [3.63, 3.8) is 0 Å². The normalized spacial score (nSPS) is 22.1. The van der Waals surface area contributed by atoms with Gasteiger partial charge >= 0.3 is 6.03 Å². The van der Waals surface area contributed by atoms with Crippen LogP contribution in [0.25, 0.3) is 0 Å². The number of ether oxygens (including phenoxy) is 2. The Bertz CT molecular complexity index is 866. The third-order valence-electron chi connectivity index (χ3n) is 6.28. The van der Waals surface area contributed by atoms with Gasteiger partial charge in [0.2, 0.25) is 0 Å². The minimum atomic E-state index is -0.543. The molecule has 1 aromatic carbocycles. The van der Waals surface area contributed by atoms with Crippen LogP contribution < -0.4 is 14.8 Å². The number of rotatable bonds is 6. The van der Waals surface area contributed by atoms with Crippen LogP contribution in [0.1, 0.15) is 43.7 Å². The quantitative estimate of drug-likeness (QED) is 0.729. The van der Waals surface area contributed by atoms with Crippen molar-refractivity contribution >= 4 is 11.9 Å². The molecule has 1 N–H and O–H groups in total. The summed E-state index contributed by atoms with van der Waals surface area (Å²) in [5.74, 6) is 1.24. The first kappa shape index (κ1) is 20.3. The lowest BCUT2D eigenvalue weighted by atomic mass is 9.93. The number of hydrogen-bond acceptors (Lipinski definition) is 4. The Kier molecular flexibility index (Phi) is 5.70. The molecular formula is C23H29N3O4. The third-order valence-corrected chi connectivity index (χ3v) is 6.28. The van der Waals surface area contributed by atoms with Gasteiger partial charge in [-0.3, -0.25) is 9.69 Å².